The van der Waals surface area contributed by atoms with Crippen LogP contribution in [0.3, 0.4) is 0 Å². The van der Waals surface area contributed by atoms with Crippen molar-refractivity contribution < 1.29 is 24.2 Å². The number of carbonyl (C=O) groups is 2. The van der Waals surface area contributed by atoms with E-state index in [1.165, 1.54) is 14.2 Å². The number of benzene rings is 1. The summed E-state index contributed by atoms with van der Waals surface area (Å²) in [7, 11) is 2.93. The zero-order valence-electron chi connectivity index (χ0n) is 13.3. The Bertz CT molecular complexity index is 829. The van der Waals surface area contributed by atoms with E-state index >= 15 is 0 Å². The van der Waals surface area contributed by atoms with Gasteiger partial charge in [-0.15, -0.1) is 0 Å². The van der Waals surface area contributed by atoms with Crippen molar-refractivity contribution in [3.63, 3.8) is 0 Å². The Hall–Kier alpha value is -2.61. The molecule has 1 heterocycles. The van der Waals surface area contributed by atoms with Gasteiger partial charge >= 0.3 is 5.97 Å². The second kappa shape index (κ2) is 7.78. The number of ether oxygens (including phenoxy) is 2. The molecule has 2 N–H and O–H groups in total. The first-order chi connectivity index (χ1) is 11.5. The number of amides is 1. The minimum absolute atomic E-state index is 0.0226. The van der Waals surface area contributed by atoms with Crippen molar-refractivity contribution in [3.8, 4) is 11.5 Å². The molecular weight excluding hydrogens is 334 g/mol. The van der Waals surface area contributed by atoms with Gasteiger partial charge < -0.3 is 19.9 Å². The zero-order chi connectivity index (χ0) is 17.7. The van der Waals surface area contributed by atoms with Crippen LogP contribution in [-0.2, 0) is 4.79 Å². The molecule has 128 valence electrons. The van der Waals surface area contributed by atoms with Gasteiger partial charge in [-0.1, -0.05) is 17.4 Å². The summed E-state index contributed by atoms with van der Waals surface area (Å²) in [6.45, 7) is 0.232. The number of methoxy groups -OCH3 is 2. The minimum atomic E-state index is -0.916. The van der Waals surface area contributed by atoms with Gasteiger partial charge in [0.1, 0.15) is 0 Å². The van der Waals surface area contributed by atoms with E-state index in [2.05, 4.69) is 5.32 Å². The zero-order valence-corrected chi connectivity index (χ0v) is 14.1. The molecule has 7 nitrogen and oxygen atoms in total. The molecule has 0 spiro atoms. The van der Waals surface area contributed by atoms with Gasteiger partial charge in [0.05, 0.1) is 24.5 Å². The first kappa shape index (κ1) is 17.7. The molecule has 1 aromatic heterocycles. The predicted octanol–water partition coefficient (Wildman–Crippen LogP) is 1.87. The van der Waals surface area contributed by atoms with Crippen LogP contribution < -0.4 is 19.5 Å². The molecule has 1 aromatic carbocycles. The molecule has 2 rings (SSSR count). The van der Waals surface area contributed by atoms with Crippen LogP contribution in [0.5, 0.6) is 11.5 Å². The van der Waals surface area contributed by atoms with Crippen LogP contribution in [0.15, 0.2) is 23.0 Å². The number of hydrogen-bond donors (Lipinski definition) is 2. The lowest BCUT2D eigenvalue weighted by Gasteiger charge is -2.10. The summed E-state index contributed by atoms with van der Waals surface area (Å²) in [6.07, 6.45) is 0.305. The van der Waals surface area contributed by atoms with Gasteiger partial charge in [-0.05, 0) is 23.9 Å². The van der Waals surface area contributed by atoms with Crippen molar-refractivity contribution in [2.45, 2.75) is 12.8 Å². The van der Waals surface area contributed by atoms with E-state index in [1.54, 1.807) is 18.2 Å². The fourth-order valence-electron chi connectivity index (χ4n) is 2.24. The highest BCUT2D eigenvalue weighted by atomic mass is 32.1. The van der Waals surface area contributed by atoms with Crippen molar-refractivity contribution in [1.29, 1.82) is 0 Å². The second-order valence-corrected chi connectivity index (χ2v) is 5.93. The summed E-state index contributed by atoms with van der Waals surface area (Å²) in [6, 6.07) is 4.96. The number of carboxylic acids is 1. The Morgan fingerprint density at radius 3 is 2.62 bits per heavy atom. The first-order valence-electron chi connectivity index (χ1n) is 7.16. The molecular formula is C16H17NO6S. The molecule has 8 heteroatoms. The number of hydrogen-bond acceptors (Lipinski definition) is 6. The summed E-state index contributed by atoms with van der Waals surface area (Å²) in [5, 5.41) is 12.1. The summed E-state index contributed by atoms with van der Waals surface area (Å²) in [5.41, 5.74) is 0. The van der Waals surface area contributed by atoms with E-state index in [0.717, 1.165) is 11.3 Å². The lowest BCUT2D eigenvalue weighted by molar-refractivity contribution is -0.137. The SMILES string of the molecule is COc1ccc2cc(C(=O)NCCCC(=O)O)sc(=O)c2c1OC. The third-order valence-corrected chi connectivity index (χ3v) is 4.26. The number of carbonyl (C=O) groups excluding carboxylic acids is 1. The van der Waals surface area contributed by atoms with Crippen molar-refractivity contribution >= 4 is 34.0 Å². The van der Waals surface area contributed by atoms with Gasteiger partial charge in [-0.25, -0.2) is 0 Å². The molecule has 24 heavy (non-hydrogen) atoms. The third kappa shape index (κ3) is 3.83. The summed E-state index contributed by atoms with van der Waals surface area (Å²) < 4.78 is 10.1. The highest BCUT2D eigenvalue weighted by Gasteiger charge is 2.16. The average Bonchev–Trinajstić information content (AvgIpc) is 2.56. The maximum absolute atomic E-state index is 12.4. The molecule has 0 saturated carbocycles. The van der Waals surface area contributed by atoms with Crippen LogP contribution in [-0.4, -0.2) is 37.7 Å². The van der Waals surface area contributed by atoms with Gasteiger partial charge in [0.15, 0.2) is 11.5 Å². The fraction of sp³-hybridized carbons (Fsp3) is 0.312. The van der Waals surface area contributed by atoms with E-state index in [4.69, 9.17) is 14.6 Å². The molecule has 0 aliphatic heterocycles. The Labute approximate surface area is 141 Å². The molecule has 0 bridgehead atoms. The van der Waals surface area contributed by atoms with Gasteiger partial charge in [-0.3, -0.25) is 14.4 Å². The van der Waals surface area contributed by atoms with Crippen molar-refractivity contribution in [2.24, 2.45) is 0 Å². The van der Waals surface area contributed by atoms with Crippen molar-refractivity contribution in [1.82, 2.24) is 5.32 Å². The van der Waals surface area contributed by atoms with Gasteiger partial charge in [0.2, 0.25) is 4.74 Å². The molecule has 0 saturated heterocycles. The van der Waals surface area contributed by atoms with Gasteiger partial charge in [0, 0.05) is 13.0 Å². The molecule has 0 atom stereocenters. The van der Waals surface area contributed by atoms with Crippen LogP contribution >= 0.6 is 11.3 Å². The number of aliphatic carboxylic acids is 1. The smallest absolute Gasteiger partial charge is 0.303 e. The number of fused-ring (bicyclic) bond motifs is 1. The lowest BCUT2D eigenvalue weighted by atomic mass is 10.1. The Morgan fingerprint density at radius 2 is 2.00 bits per heavy atom. The fourth-order valence-corrected chi connectivity index (χ4v) is 3.10. The van der Waals surface area contributed by atoms with E-state index in [-0.39, 0.29) is 22.6 Å². The largest absolute Gasteiger partial charge is 0.493 e. The normalized spacial score (nSPS) is 10.4. The standard InChI is InChI=1S/C16H17NO6S/c1-22-10-6-5-9-8-11(15(20)17-7-3-4-12(18)19)24-16(21)13(9)14(10)23-2/h5-6,8H,3-4,7H2,1-2H3,(H,17,20)(H,18,19). The molecule has 0 aliphatic carbocycles. The lowest BCUT2D eigenvalue weighted by Crippen LogP contribution is -2.25. The predicted molar refractivity (Wildman–Crippen MR) is 90.4 cm³/mol. The number of nitrogens with one attached hydrogen (secondary N) is 1. The average molecular weight is 351 g/mol. The van der Waals surface area contributed by atoms with E-state index in [0.29, 0.717) is 28.7 Å². The maximum Gasteiger partial charge on any atom is 0.303 e. The third-order valence-electron chi connectivity index (χ3n) is 3.35. The second-order valence-electron chi connectivity index (χ2n) is 4.92. The summed E-state index contributed by atoms with van der Waals surface area (Å²) in [5.74, 6) is -0.537. The Kier molecular flexibility index (Phi) is 5.75. The molecule has 2 aromatic rings. The van der Waals surface area contributed by atoms with Crippen molar-refractivity contribution in [2.75, 3.05) is 20.8 Å². The minimum Gasteiger partial charge on any atom is -0.493 e. The van der Waals surface area contributed by atoms with E-state index in [1.807, 2.05) is 0 Å². The highest BCUT2D eigenvalue weighted by molar-refractivity contribution is 7.12. The Morgan fingerprint density at radius 1 is 1.25 bits per heavy atom. The molecule has 0 aliphatic rings. The highest BCUT2D eigenvalue weighted by Crippen LogP contribution is 2.34. The number of carboxylic acid groups (broad SMARTS) is 1. The Balaban J connectivity index is 2.29. The van der Waals surface area contributed by atoms with Crippen LogP contribution in [0.25, 0.3) is 10.8 Å². The van der Waals surface area contributed by atoms with Gasteiger partial charge in [-0.2, -0.15) is 0 Å². The molecule has 0 unspecified atom stereocenters. The van der Waals surface area contributed by atoms with Gasteiger partial charge in [0.25, 0.3) is 5.91 Å². The maximum atomic E-state index is 12.4. The van der Waals surface area contributed by atoms with Crippen LogP contribution in [0.1, 0.15) is 22.5 Å². The molecule has 0 fully saturated rings. The molecule has 0 radical (unpaired) electrons. The summed E-state index contributed by atoms with van der Waals surface area (Å²) in [4.78, 5) is 35.2. The van der Waals surface area contributed by atoms with Crippen LogP contribution in [0.2, 0.25) is 0 Å². The monoisotopic (exact) mass is 351 g/mol. The number of rotatable bonds is 7. The quantitative estimate of drug-likeness (QED) is 0.739. The van der Waals surface area contributed by atoms with E-state index in [9.17, 15) is 14.4 Å². The van der Waals surface area contributed by atoms with Crippen LogP contribution in [0, 0.1) is 0 Å². The van der Waals surface area contributed by atoms with Crippen molar-refractivity contribution in [3.05, 3.63) is 32.6 Å². The summed E-state index contributed by atoms with van der Waals surface area (Å²) >= 11 is 0.809. The first-order valence-corrected chi connectivity index (χ1v) is 7.98. The van der Waals surface area contributed by atoms with Crippen LogP contribution in [0.4, 0.5) is 0 Å². The topological polar surface area (TPSA) is 102 Å². The van der Waals surface area contributed by atoms with E-state index < -0.39 is 11.9 Å². The molecule has 1 amide bonds.